The van der Waals surface area contributed by atoms with E-state index in [0.29, 0.717) is 19.4 Å². The number of nitrogens with one attached hydrogen (secondary N) is 1. The molecule has 0 aromatic carbocycles. The van der Waals surface area contributed by atoms with Gasteiger partial charge in [-0.25, -0.2) is 0 Å². The Morgan fingerprint density at radius 1 is 0.912 bits per heavy atom. The van der Waals surface area contributed by atoms with Gasteiger partial charge in [-0.2, -0.15) is 0 Å². The van der Waals surface area contributed by atoms with Crippen molar-refractivity contribution in [2.75, 3.05) is 27.9 Å². The molecular weight excluding hydrogens is 473 g/mol. The predicted octanol–water partition coefficient (Wildman–Crippen LogP) is 5.88. The lowest BCUT2D eigenvalue weighted by molar-refractivity contribution is -0.123. The maximum Gasteiger partial charge on any atom is 0.324 e. The minimum Gasteiger partial charge on any atom is -0.384 e. The van der Waals surface area contributed by atoms with Crippen LogP contribution in [0.5, 0.6) is 0 Å². The molecule has 0 spiro atoms. The van der Waals surface area contributed by atoms with E-state index in [1.807, 2.05) is 0 Å². The number of carbonyl (C=O) groups is 1. The van der Waals surface area contributed by atoms with Crippen molar-refractivity contribution < 1.29 is 28.2 Å². The van der Waals surface area contributed by atoms with Crippen molar-refractivity contribution >= 4 is 24.4 Å². The zero-order valence-electron chi connectivity index (χ0n) is 22.0. The van der Waals surface area contributed by atoms with Crippen molar-refractivity contribution in [3.8, 4) is 0 Å². The number of hydrogen-bond donors (Lipinski definition) is 2. The standard InChI is InChI=1S/C25H50NO6PS/c1-5-6-7-8-9-10-11-12-13-14-15-16-17-18-23(27)26-22-19-21(20-29-2)24(25(22)30-3)32-33(28,34)31-4/h21-22,24-25H,5-20H2,1-4H3,(H,26,27)(H,28,34)/t21-,22-,24+,25?,33?/m1/s1. The molecular formula is C25H50NO6PS. The molecule has 1 amide bonds. The summed E-state index contributed by atoms with van der Waals surface area (Å²) < 4.78 is 21.6. The molecule has 0 bridgehead atoms. The molecule has 1 saturated carbocycles. The van der Waals surface area contributed by atoms with E-state index in [1.54, 1.807) is 14.2 Å². The van der Waals surface area contributed by atoms with E-state index in [2.05, 4.69) is 12.2 Å². The summed E-state index contributed by atoms with van der Waals surface area (Å²) in [5.74, 6) is -0.0247. The molecule has 7 nitrogen and oxygen atoms in total. The van der Waals surface area contributed by atoms with Gasteiger partial charge < -0.3 is 28.7 Å². The van der Waals surface area contributed by atoms with Crippen LogP contribution in [0, 0.1) is 5.92 Å². The van der Waals surface area contributed by atoms with Crippen molar-refractivity contribution in [2.45, 2.75) is 121 Å². The Morgan fingerprint density at radius 2 is 1.44 bits per heavy atom. The molecule has 0 saturated heterocycles. The van der Waals surface area contributed by atoms with Gasteiger partial charge in [-0.15, -0.1) is 0 Å². The van der Waals surface area contributed by atoms with Gasteiger partial charge in [0.15, 0.2) is 0 Å². The summed E-state index contributed by atoms with van der Waals surface area (Å²) in [5.41, 5.74) is 0. The molecule has 0 aliphatic heterocycles. The number of carbonyl (C=O) groups excluding carboxylic acids is 1. The normalized spacial score (nSPS) is 24.3. The van der Waals surface area contributed by atoms with Gasteiger partial charge in [-0.05, 0) is 24.6 Å². The smallest absolute Gasteiger partial charge is 0.324 e. The summed E-state index contributed by atoms with van der Waals surface area (Å²) in [4.78, 5) is 22.7. The third-order valence-corrected chi connectivity index (χ3v) is 8.41. The Bertz CT molecular complexity index is 582. The first-order chi connectivity index (χ1) is 16.4. The van der Waals surface area contributed by atoms with Gasteiger partial charge in [0.25, 0.3) is 0 Å². The summed E-state index contributed by atoms with van der Waals surface area (Å²) >= 11 is 5.03. The quantitative estimate of drug-likeness (QED) is 0.143. The van der Waals surface area contributed by atoms with Crippen LogP contribution < -0.4 is 5.32 Å². The number of methoxy groups -OCH3 is 2. The van der Waals surface area contributed by atoms with Crippen molar-refractivity contribution in [3.05, 3.63) is 0 Å². The predicted molar refractivity (Wildman–Crippen MR) is 141 cm³/mol. The SMILES string of the molecule is CCCCCCCCCCCCCCCC(=O)N[C@@H]1C[C@H](COC)[C@H](OP(O)(=S)OC)C1OC. The first kappa shape index (κ1) is 31.9. The molecule has 0 aromatic heterocycles. The van der Waals surface area contributed by atoms with E-state index >= 15 is 0 Å². The minimum absolute atomic E-state index is 0.0297. The summed E-state index contributed by atoms with van der Waals surface area (Å²) in [7, 11) is 4.53. The van der Waals surface area contributed by atoms with E-state index in [0.717, 1.165) is 12.8 Å². The van der Waals surface area contributed by atoms with Crippen LogP contribution in [0.3, 0.4) is 0 Å². The van der Waals surface area contributed by atoms with Crippen molar-refractivity contribution in [2.24, 2.45) is 5.92 Å². The summed E-state index contributed by atoms with van der Waals surface area (Å²) in [6, 6.07) is -0.212. The van der Waals surface area contributed by atoms with E-state index in [9.17, 15) is 9.69 Å². The average molecular weight is 524 g/mol. The van der Waals surface area contributed by atoms with E-state index < -0.39 is 18.9 Å². The van der Waals surface area contributed by atoms with Gasteiger partial charge in [-0.3, -0.25) is 4.79 Å². The second-order valence-electron chi connectivity index (χ2n) is 9.54. The lowest BCUT2D eigenvalue weighted by Crippen LogP contribution is -2.44. The topological polar surface area (TPSA) is 86.3 Å². The lowest BCUT2D eigenvalue weighted by atomic mass is 10.0. The van der Waals surface area contributed by atoms with Gasteiger partial charge in [-0.1, -0.05) is 84.0 Å². The average Bonchev–Trinajstić information content (AvgIpc) is 3.11. The minimum atomic E-state index is -3.35. The molecule has 1 aliphatic carbocycles. The Labute approximate surface area is 213 Å². The molecule has 0 heterocycles. The highest BCUT2D eigenvalue weighted by molar-refractivity contribution is 8.07. The molecule has 2 N–H and O–H groups in total. The fourth-order valence-electron chi connectivity index (χ4n) is 4.83. The molecule has 0 radical (unpaired) electrons. The number of rotatable bonds is 21. The third kappa shape index (κ3) is 13.3. The van der Waals surface area contributed by atoms with Crippen molar-refractivity contribution in [1.29, 1.82) is 0 Å². The molecule has 0 aromatic rings. The molecule has 1 aliphatic rings. The second kappa shape index (κ2) is 19.1. The van der Waals surface area contributed by atoms with Gasteiger partial charge in [0.2, 0.25) is 5.91 Å². The van der Waals surface area contributed by atoms with Crippen LogP contribution in [0.15, 0.2) is 0 Å². The second-order valence-corrected chi connectivity index (χ2v) is 12.4. The summed E-state index contributed by atoms with van der Waals surface area (Å²) in [6.45, 7) is -0.667. The highest BCUT2D eigenvalue weighted by atomic mass is 32.5. The van der Waals surface area contributed by atoms with Crippen LogP contribution in [0.4, 0.5) is 0 Å². The highest BCUT2D eigenvalue weighted by Crippen LogP contribution is 2.48. The van der Waals surface area contributed by atoms with Crippen LogP contribution in [0.25, 0.3) is 0 Å². The van der Waals surface area contributed by atoms with Crippen LogP contribution in [0.2, 0.25) is 0 Å². The van der Waals surface area contributed by atoms with E-state index in [4.69, 9.17) is 30.3 Å². The Kier molecular flexibility index (Phi) is 17.9. The Hall–Kier alpha value is -0.0800. The first-order valence-corrected chi connectivity index (χ1v) is 15.9. The summed E-state index contributed by atoms with van der Waals surface area (Å²) in [6.07, 6.45) is 16.9. The van der Waals surface area contributed by atoms with Crippen LogP contribution in [-0.2, 0) is 35.1 Å². The van der Waals surface area contributed by atoms with Crippen molar-refractivity contribution in [3.63, 3.8) is 0 Å². The molecule has 202 valence electrons. The lowest BCUT2D eigenvalue weighted by Gasteiger charge is -2.28. The van der Waals surface area contributed by atoms with Gasteiger partial charge in [0, 0.05) is 33.7 Å². The highest BCUT2D eigenvalue weighted by Gasteiger charge is 2.47. The molecule has 34 heavy (non-hydrogen) atoms. The zero-order valence-corrected chi connectivity index (χ0v) is 23.7. The number of ether oxygens (including phenoxy) is 2. The van der Waals surface area contributed by atoms with E-state index in [1.165, 1.54) is 77.7 Å². The third-order valence-electron chi connectivity index (χ3n) is 6.73. The number of hydrogen-bond acceptors (Lipinski definition) is 6. The van der Waals surface area contributed by atoms with Crippen molar-refractivity contribution in [1.82, 2.24) is 5.32 Å². The zero-order chi connectivity index (χ0) is 25.2. The van der Waals surface area contributed by atoms with Crippen LogP contribution >= 0.6 is 6.72 Å². The molecule has 1 fully saturated rings. The largest absolute Gasteiger partial charge is 0.384 e. The van der Waals surface area contributed by atoms with E-state index in [-0.39, 0.29) is 17.9 Å². The number of unbranched alkanes of at least 4 members (excludes halogenated alkanes) is 12. The molecule has 9 heteroatoms. The fraction of sp³-hybridized carbons (Fsp3) is 0.960. The van der Waals surface area contributed by atoms with Crippen LogP contribution in [0.1, 0.15) is 103 Å². The summed E-state index contributed by atoms with van der Waals surface area (Å²) in [5, 5.41) is 3.10. The van der Waals surface area contributed by atoms with Gasteiger partial charge in [0.05, 0.1) is 12.6 Å². The molecule has 1 rings (SSSR count). The van der Waals surface area contributed by atoms with Gasteiger partial charge >= 0.3 is 6.72 Å². The van der Waals surface area contributed by atoms with Crippen LogP contribution in [-0.4, -0.2) is 57.0 Å². The molecule has 2 unspecified atom stereocenters. The first-order valence-electron chi connectivity index (χ1n) is 13.3. The monoisotopic (exact) mass is 523 g/mol. The van der Waals surface area contributed by atoms with Gasteiger partial charge in [0.1, 0.15) is 12.2 Å². The Balaban J connectivity index is 2.23. The maximum absolute atomic E-state index is 12.5. The number of amides is 1. The maximum atomic E-state index is 12.5. The Morgan fingerprint density at radius 3 is 1.91 bits per heavy atom. The fourth-order valence-corrected chi connectivity index (χ4v) is 5.82. The molecule has 5 atom stereocenters.